The summed E-state index contributed by atoms with van der Waals surface area (Å²) in [5, 5.41) is 3.96. The van der Waals surface area contributed by atoms with Gasteiger partial charge in [0.25, 0.3) is 20.1 Å². The van der Waals surface area contributed by atoms with Gasteiger partial charge < -0.3 is 24.6 Å². The van der Waals surface area contributed by atoms with Gasteiger partial charge in [-0.25, -0.2) is 0 Å². The second-order valence-corrected chi connectivity index (χ2v) is 19.9. The molecule has 0 spiro atoms. The van der Waals surface area contributed by atoms with Crippen molar-refractivity contribution >= 4 is 138 Å². The molecule has 0 fully saturated rings. The number of hydrogen-bond acceptors (Lipinski definition) is 7. The summed E-state index contributed by atoms with van der Waals surface area (Å²) >= 11 is 1.75. The minimum Gasteiger partial charge on any atom is -0.458 e. The number of benzene rings is 9. The number of ether oxygens (including phenoxy) is 2. The van der Waals surface area contributed by atoms with E-state index < -0.39 is 0 Å². The van der Waals surface area contributed by atoms with Crippen molar-refractivity contribution < 1.29 is 9.47 Å². The molecule has 0 aromatic heterocycles. The maximum absolute atomic E-state index is 7.14. The van der Waals surface area contributed by atoms with E-state index in [1.165, 1.54) is 72.3 Å². The summed E-state index contributed by atoms with van der Waals surface area (Å²) in [6, 6.07) is 62.9. The minimum absolute atomic E-state index is 0.000131. The molecule has 6 heterocycles. The number of fused-ring (bicyclic) bond motifs is 12. The molecular formula is C58H41B3N4O2S. The van der Waals surface area contributed by atoms with Gasteiger partial charge in [-0.1, -0.05) is 84.9 Å². The van der Waals surface area contributed by atoms with Crippen LogP contribution < -0.4 is 78.1 Å². The summed E-state index contributed by atoms with van der Waals surface area (Å²) in [6.45, 7) is 6.41. The van der Waals surface area contributed by atoms with Gasteiger partial charge in [0, 0.05) is 69.4 Å². The molecule has 10 heteroatoms. The van der Waals surface area contributed by atoms with Crippen molar-refractivity contribution in [2.75, 3.05) is 25.7 Å². The zero-order chi connectivity index (χ0) is 45.1. The summed E-state index contributed by atoms with van der Waals surface area (Å²) < 4.78 is 16.6. The van der Waals surface area contributed by atoms with Crippen LogP contribution in [0, 0.1) is 20.8 Å². The van der Waals surface area contributed by atoms with Crippen molar-refractivity contribution in [2.45, 2.75) is 20.8 Å². The van der Waals surface area contributed by atoms with Crippen LogP contribution in [0.4, 0.5) is 56.9 Å². The predicted octanol–water partition coefficient (Wildman–Crippen LogP) is 8.72. The number of rotatable bonds is 3. The molecule has 9 aromatic rings. The molecule has 6 nitrogen and oxygen atoms in total. The summed E-state index contributed by atoms with van der Waals surface area (Å²) in [5.41, 5.74) is 26.4. The first-order chi connectivity index (χ1) is 33.4. The highest BCUT2D eigenvalue weighted by atomic mass is 32.2. The Hall–Kier alpha value is -7.68. The number of hydrogen-bond donors (Lipinski definition) is 1. The fourth-order valence-corrected chi connectivity index (χ4v) is 13.3. The summed E-state index contributed by atoms with van der Waals surface area (Å²) in [7, 11) is 0. The fourth-order valence-electron chi connectivity index (χ4n) is 12.5. The topological polar surface area (TPSA) is 40.2 Å². The molecule has 0 saturated heterocycles. The van der Waals surface area contributed by atoms with Crippen molar-refractivity contribution in [3.05, 3.63) is 187 Å². The standard InChI is InChI=1S/C58H41B3N4O2S/c1-33-23-45-56-49(24-33)63(36-15-7-5-8-16-36)46-21-13-11-19-38(46)59(56)40-29-42-52(31-44(40)62-45)66-54-27-35(3)28-55-58(54)61(42)43-30-41-48(32-53(43)67-55)65(68-4)51-26-34(2)25-50-57(51)60(41)39-20-12-14-22-47(39)64(50)37-17-9-6-10-18-37/h5-32,62H,1-4H3. The van der Waals surface area contributed by atoms with Crippen molar-refractivity contribution in [3.63, 3.8) is 0 Å². The van der Waals surface area contributed by atoms with Crippen LogP contribution in [0.1, 0.15) is 16.7 Å². The molecule has 1 N–H and O–H groups in total. The smallest absolute Gasteiger partial charge is 0.260 e. The van der Waals surface area contributed by atoms with E-state index in [9.17, 15) is 0 Å². The maximum Gasteiger partial charge on any atom is 0.260 e. The van der Waals surface area contributed by atoms with Crippen LogP contribution in [0.15, 0.2) is 170 Å². The maximum atomic E-state index is 7.14. The molecule has 0 amide bonds. The Kier molecular flexibility index (Phi) is 7.88. The fraction of sp³-hybridized carbons (Fsp3) is 0.0690. The first kappa shape index (κ1) is 38.4. The predicted molar refractivity (Wildman–Crippen MR) is 289 cm³/mol. The first-order valence-electron chi connectivity index (χ1n) is 23.5. The number of para-hydroxylation sites is 4. The lowest BCUT2D eigenvalue weighted by atomic mass is 9.29. The molecule has 0 radical (unpaired) electrons. The van der Waals surface area contributed by atoms with Gasteiger partial charge in [0.2, 0.25) is 0 Å². The molecule has 6 aliphatic rings. The Labute approximate surface area is 401 Å². The van der Waals surface area contributed by atoms with Gasteiger partial charge in [0.1, 0.15) is 23.0 Å². The highest BCUT2D eigenvalue weighted by Gasteiger charge is 2.48. The number of nitrogens with one attached hydrogen (secondary N) is 1. The number of aryl methyl sites for hydroxylation is 3. The van der Waals surface area contributed by atoms with E-state index in [1.807, 2.05) is 0 Å². The third kappa shape index (κ3) is 5.18. The lowest BCUT2D eigenvalue weighted by Gasteiger charge is -2.44. The lowest BCUT2D eigenvalue weighted by molar-refractivity contribution is 0.464. The Balaban J connectivity index is 0.960. The Morgan fingerprint density at radius 2 is 0.882 bits per heavy atom. The molecule has 0 aliphatic carbocycles. The van der Waals surface area contributed by atoms with Gasteiger partial charge in [-0.05, 0) is 166 Å². The van der Waals surface area contributed by atoms with Crippen LogP contribution in [0.25, 0.3) is 0 Å². The number of anilines is 10. The highest BCUT2D eigenvalue weighted by Crippen LogP contribution is 2.46. The summed E-state index contributed by atoms with van der Waals surface area (Å²) in [4.78, 5) is 4.91. The largest absolute Gasteiger partial charge is 0.458 e. The summed E-state index contributed by atoms with van der Waals surface area (Å²) in [6.07, 6.45) is 2.19. The third-order valence-electron chi connectivity index (χ3n) is 15.1. The van der Waals surface area contributed by atoms with Crippen LogP contribution in [-0.2, 0) is 0 Å². The van der Waals surface area contributed by atoms with E-state index in [-0.39, 0.29) is 20.1 Å². The molecule has 68 heavy (non-hydrogen) atoms. The van der Waals surface area contributed by atoms with Gasteiger partial charge in [-0.3, -0.25) is 4.31 Å². The van der Waals surface area contributed by atoms with E-state index in [0.717, 1.165) is 73.4 Å². The molecule has 0 atom stereocenters. The van der Waals surface area contributed by atoms with Gasteiger partial charge in [0.05, 0.1) is 11.4 Å². The minimum atomic E-state index is -0.136. The quantitative estimate of drug-likeness (QED) is 0.141. The molecule has 15 rings (SSSR count). The van der Waals surface area contributed by atoms with Crippen molar-refractivity contribution in [1.82, 2.24) is 0 Å². The SMILES string of the molecule is CSN1c2cc3c(cc2B2c4ccccc4N(c4ccccc4)c4cc(C)cc1c42)B1c2cc4c(cc2Oc2cc(C)cc(c21)O3)Nc1cc(C)cc2c1B4c1ccccc1N2c1ccccc1. The third-order valence-corrected chi connectivity index (χ3v) is 15.9. The number of nitrogens with zero attached hydrogens (tertiary/aromatic N) is 3. The zero-order valence-electron chi connectivity index (χ0n) is 38.0. The van der Waals surface area contributed by atoms with Crippen LogP contribution in [0.3, 0.4) is 0 Å². The van der Waals surface area contributed by atoms with E-state index in [0.29, 0.717) is 0 Å². The van der Waals surface area contributed by atoms with E-state index in [2.05, 4.69) is 216 Å². The Morgan fingerprint density at radius 3 is 1.51 bits per heavy atom. The molecule has 0 bridgehead atoms. The van der Waals surface area contributed by atoms with E-state index >= 15 is 0 Å². The van der Waals surface area contributed by atoms with Crippen molar-refractivity contribution in [1.29, 1.82) is 0 Å². The van der Waals surface area contributed by atoms with Crippen LogP contribution >= 0.6 is 11.9 Å². The Bertz CT molecular complexity index is 3700. The lowest BCUT2D eigenvalue weighted by Crippen LogP contribution is -2.65. The first-order valence-corrected chi connectivity index (χ1v) is 24.7. The molecule has 320 valence electrons. The van der Waals surface area contributed by atoms with Gasteiger partial charge >= 0.3 is 0 Å². The molecule has 6 aliphatic heterocycles. The van der Waals surface area contributed by atoms with Crippen LogP contribution in [0.5, 0.6) is 23.0 Å². The normalized spacial score (nSPS) is 14.4. The van der Waals surface area contributed by atoms with E-state index in [4.69, 9.17) is 9.47 Å². The van der Waals surface area contributed by atoms with Crippen LogP contribution in [-0.4, -0.2) is 26.4 Å². The zero-order valence-corrected chi connectivity index (χ0v) is 38.8. The molecule has 9 aromatic carbocycles. The molecule has 0 unspecified atom stereocenters. The Morgan fingerprint density at radius 1 is 0.382 bits per heavy atom. The molecule has 0 saturated carbocycles. The van der Waals surface area contributed by atoms with Crippen LogP contribution in [0.2, 0.25) is 0 Å². The van der Waals surface area contributed by atoms with Gasteiger partial charge in [0.15, 0.2) is 0 Å². The molecular weight excluding hydrogens is 849 g/mol. The van der Waals surface area contributed by atoms with E-state index in [1.54, 1.807) is 11.9 Å². The highest BCUT2D eigenvalue weighted by molar-refractivity contribution is 8.00. The van der Waals surface area contributed by atoms with Crippen molar-refractivity contribution in [2.24, 2.45) is 0 Å². The van der Waals surface area contributed by atoms with Gasteiger partial charge in [-0.15, -0.1) is 0 Å². The monoisotopic (exact) mass is 890 g/mol. The average Bonchev–Trinajstić information content (AvgIpc) is 3.35. The second kappa shape index (κ2) is 13.9. The van der Waals surface area contributed by atoms with Gasteiger partial charge in [-0.2, -0.15) is 0 Å². The second-order valence-electron chi connectivity index (χ2n) is 19.1. The van der Waals surface area contributed by atoms with Crippen molar-refractivity contribution in [3.8, 4) is 23.0 Å². The average molecular weight is 890 g/mol. The summed E-state index contributed by atoms with van der Waals surface area (Å²) in [5.74, 6) is 3.47.